The van der Waals surface area contributed by atoms with Gasteiger partial charge in [-0.1, -0.05) is 18.9 Å². The molecule has 0 saturated carbocycles. The van der Waals surface area contributed by atoms with Crippen molar-refractivity contribution in [1.29, 1.82) is 0 Å². The number of nitrogens with one attached hydrogen (secondary N) is 1. The molecule has 0 amide bonds. The summed E-state index contributed by atoms with van der Waals surface area (Å²) in [6.45, 7) is 9.84. The van der Waals surface area contributed by atoms with Crippen LogP contribution in [-0.4, -0.2) is 43.0 Å². The summed E-state index contributed by atoms with van der Waals surface area (Å²) in [5.41, 5.74) is 0. The molecule has 0 aromatic carbocycles. The van der Waals surface area contributed by atoms with Crippen molar-refractivity contribution in [1.82, 2.24) is 15.5 Å². The Morgan fingerprint density at radius 1 is 1.35 bits per heavy atom. The van der Waals surface area contributed by atoms with Crippen LogP contribution in [0.2, 0.25) is 0 Å². The van der Waals surface area contributed by atoms with Crippen molar-refractivity contribution in [2.45, 2.75) is 39.8 Å². The molecular formula is C14H26N4O2. The van der Waals surface area contributed by atoms with E-state index >= 15 is 0 Å². The van der Waals surface area contributed by atoms with Gasteiger partial charge in [0, 0.05) is 26.2 Å². The second-order valence-electron chi connectivity index (χ2n) is 5.86. The van der Waals surface area contributed by atoms with Crippen LogP contribution in [0.15, 0.2) is 4.42 Å². The fourth-order valence-corrected chi connectivity index (χ4v) is 2.77. The molecule has 1 aliphatic heterocycles. The van der Waals surface area contributed by atoms with Crippen LogP contribution in [0.5, 0.6) is 0 Å². The van der Waals surface area contributed by atoms with E-state index in [4.69, 9.17) is 9.15 Å². The third kappa shape index (κ3) is 3.70. The molecule has 1 fully saturated rings. The van der Waals surface area contributed by atoms with Crippen molar-refractivity contribution in [2.24, 2.45) is 11.8 Å². The van der Waals surface area contributed by atoms with Crippen molar-refractivity contribution in [3.8, 4) is 0 Å². The monoisotopic (exact) mass is 282 g/mol. The number of nitrogens with zero attached hydrogens (tertiary/aromatic N) is 3. The number of rotatable bonds is 6. The van der Waals surface area contributed by atoms with E-state index in [0.717, 1.165) is 13.1 Å². The molecule has 1 aromatic heterocycles. The summed E-state index contributed by atoms with van der Waals surface area (Å²) in [7, 11) is 1.69. The largest absolute Gasteiger partial charge is 0.407 e. The van der Waals surface area contributed by atoms with E-state index in [1.165, 1.54) is 6.42 Å². The summed E-state index contributed by atoms with van der Waals surface area (Å²) in [4.78, 5) is 2.24. The van der Waals surface area contributed by atoms with Gasteiger partial charge < -0.3 is 19.4 Å². The van der Waals surface area contributed by atoms with Crippen molar-refractivity contribution >= 4 is 6.01 Å². The highest BCUT2D eigenvalue weighted by molar-refractivity contribution is 5.28. The minimum absolute atomic E-state index is 0.445. The van der Waals surface area contributed by atoms with E-state index < -0.39 is 0 Å². The molecule has 20 heavy (non-hydrogen) atoms. The van der Waals surface area contributed by atoms with E-state index in [1.807, 2.05) is 0 Å². The second-order valence-corrected chi connectivity index (χ2v) is 5.86. The zero-order valence-electron chi connectivity index (χ0n) is 12.9. The average molecular weight is 282 g/mol. The Hall–Kier alpha value is -1.14. The lowest BCUT2D eigenvalue weighted by atomic mass is 9.86. The van der Waals surface area contributed by atoms with Crippen LogP contribution in [0, 0.1) is 11.8 Å². The lowest BCUT2D eigenvalue weighted by Crippen LogP contribution is -2.46. The third-order valence-corrected chi connectivity index (χ3v) is 4.06. The molecule has 0 spiro atoms. The Labute approximate surface area is 120 Å². The Morgan fingerprint density at radius 3 is 2.90 bits per heavy atom. The summed E-state index contributed by atoms with van der Waals surface area (Å²) in [5, 5.41) is 11.5. The van der Waals surface area contributed by atoms with Gasteiger partial charge in [-0.25, -0.2) is 0 Å². The van der Waals surface area contributed by atoms with E-state index in [1.54, 1.807) is 7.11 Å². The van der Waals surface area contributed by atoms with Crippen LogP contribution in [-0.2, 0) is 11.3 Å². The first-order chi connectivity index (χ1) is 9.61. The quantitative estimate of drug-likeness (QED) is 0.801. The summed E-state index contributed by atoms with van der Waals surface area (Å²) in [6.07, 6.45) is 1.26. The van der Waals surface area contributed by atoms with Crippen molar-refractivity contribution < 1.29 is 9.15 Å². The molecule has 6 nitrogen and oxygen atoms in total. The van der Waals surface area contributed by atoms with E-state index in [-0.39, 0.29) is 0 Å². The van der Waals surface area contributed by atoms with Crippen LogP contribution in [0.25, 0.3) is 0 Å². The molecule has 3 atom stereocenters. The molecule has 6 heteroatoms. The van der Waals surface area contributed by atoms with Gasteiger partial charge in [0.25, 0.3) is 0 Å². The third-order valence-electron chi connectivity index (χ3n) is 4.06. The lowest BCUT2D eigenvalue weighted by molar-refractivity contribution is 0.198. The lowest BCUT2D eigenvalue weighted by Gasteiger charge is -2.39. The first kappa shape index (κ1) is 15.3. The molecule has 0 bridgehead atoms. The van der Waals surface area contributed by atoms with Crippen LogP contribution in [0.4, 0.5) is 6.01 Å². The fraction of sp³-hybridized carbons (Fsp3) is 0.857. The highest BCUT2D eigenvalue weighted by atomic mass is 16.5. The Kier molecular flexibility index (Phi) is 5.37. The number of hydrogen-bond acceptors (Lipinski definition) is 6. The number of anilines is 1. The van der Waals surface area contributed by atoms with Gasteiger partial charge in [-0.2, -0.15) is 0 Å². The zero-order valence-corrected chi connectivity index (χ0v) is 12.9. The molecule has 114 valence electrons. The summed E-state index contributed by atoms with van der Waals surface area (Å²) in [5.74, 6) is 1.94. The molecular weight excluding hydrogens is 256 g/mol. The van der Waals surface area contributed by atoms with Crippen LogP contribution >= 0.6 is 0 Å². The Balaban J connectivity index is 1.93. The van der Waals surface area contributed by atoms with Crippen molar-refractivity contribution in [2.75, 3.05) is 31.7 Å². The SMILES string of the molecule is COCCNCc1nnc(N2CC(C)CC(C)C2C)o1. The fourth-order valence-electron chi connectivity index (χ4n) is 2.77. The topological polar surface area (TPSA) is 63.4 Å². The van der Waals surface area contributed by atoms with Crippen LogP contribution < -0.4 is 10.2 Å². The molecule has 1 aliphatic rings. The van der Waals surface area contributed by atoms with E-state index in [9.17, 15) is 0 Å². The van der Waals surface area contributed by atoms with Crippen LogP contribution in [0.1, 0.15) is 33.1 Å². The minimum Gasteiger partial charge on any atom is -0.407 e. The summed E-state index contributed by atoms with van der Waals surface area (Å²) < 4.78 is 10.8. The van der Waals surface area contributed by atoms with Gasteiger partial charge in [0.1, 0.15) is 0 Å². The first-order valence-corrected chi connectivity index (χ1v) is 7.40. The van der Waals surface area contributed by atoms with Crippen molar-refractivity contribution in [3.63, 3.8) is 0 Å². The molecule has 1 aromatic rings. The van der Waals surface area contributed by atoms with E-state index in [2.05, 4.69) is 41.2 Å². The summed E-state index contributed by atoms with van der Waals surface area (Å²) >= 11 is 0. The molecule has 1 saturated heterocycles. The normalized spacial score (nSPS) is 27.0. The predicted molar refractivity (Wildman–Crippen MR) is 77.6 cm³/mol. The van der Waals surface area contributed by atoms with Gasteiger partial charge in [0.15, 0.2) is 0 Å². The van der Waals surface area contributed by atoms with Gasteiger partial charge in [-0.15, -0.1) is 5.10 Å². The maximum absolute atomic E-state index is 5.77. The molecule has 3 unspecified atom stereocenters. The standard InChI is InChI=1S/C14H26N4O2/c1-10-7-11(2)12(3)18(9-10)14-17-16-13(20-14)8-15-5-6-19-4/h10-12,15H,5-9H2,1-4H3. The maximum Gasteiger partial charge on any atom is 0.318 e. The number of hydrogen-bond donors (Lipinski definition) is 1. The van der Waals surface area contributed by atoms with Crippen molar-refractivity contribution in [3.05, 3.63) is 5.89 Å². The Morgan fingerprint density at radius 2 is 2.15 bits per heavy atom. The molecule has 2 heterocycles. The number of piperidine rings is 1. The highest BCUT2D eigenvalue weighted by Crippen LogP contribution is 2.30. The molecule has 0 aliphatic carbocycles. The zero-order chi connectivity index (χ0) is 14.5. The number of ether oxygens (including phenoxy) is 1. The van der Waals surface area contributed by atoms with Crippen LogP contribution in [0.3, 0.4) is 0 Å². The van der Waals surface area contributed by atoms with E-state index in [0.29, 0.717) is 42.9 Å². The Bertz CT molecular complexity index is 410. The minimum atomic E-state index is 0.445. The number of aromatic nitrogens is 2. The van der Waals surface area contributed by atoms with Gasteiger partial charge in [-0.3, -0.25) is 0 Å². The van der Waals surface area contributed by atoms with Gasteiger partial charge in [0.05, 0.1) is 13.2 Å². The second kappa shape index (κ2) is 7.04. The van der Waals surface area contributed by atoms with Gasteiger partial charge in [0.2, 0.25) is 5.89 Å². The smallest absolute Gasteiger partial charge is 0.318 e. The highest BCUT2D eigenvalue weighted by Gasteiger charge is 2.31. The predicted octanol–water partition coefficient (Wildman–Crippen LogP) is 1.68. The molecule has 1 N–H and O–H groups in total. The maximum atomic E-state index is 5.77. The van der Waals surface area contributed by atoms with Gasteiger partial charge in [-0.05, 0) is 25.2 Å². The molecule has 0 radical (unpaired) electrons. The van der Waals surface area contributed by atoms with Gasteiger partial charge >= 0.3 is 6.01 Å². The molecule has 2 rings (SSSR count). The first-order valence-electron chi connectivity index (χ1n) is 7.40. The average Bonchev–Trinajstić information content (AvgIpc) is 2.87. The number of methoxy groups -OCH3 is 1. The summed E-state index contributed by atoms with van der Waals surface area (Å²) in [6, 6.07) is 1.10.